The Hall–Kier alpha value is -3.68. The number of hydrogen-bond acceptors (Lipinski definition) is 6. The number of nitrogens with one attached hydrogen (secondary N) is 1. The second-order valence-electron chi connectivity index (χ2n) is 7.15. The van der Waals surface area contributed by atoms with E-state index < -0.39 is 11.6 Å². The highest BCUT2D eigenvalue weighted by Crippen LogP contribution is 2.41. The predicted octanol–water partition coefficient (Wildman–Crippen LogP) is 2.77. The van der Waals surface area contributed by atoms with Gasteiger partial charge in [0, 0.05) is 17.5 Å². The van der Waals surface area contributed by atoms with E-state index in [1.54, 1.807) is 12.1 Å². The van der Waals surface area contributed by atoms with Crippen LogP contribution in [0.15, 0.2) is 53.1 Å². The van der Waals surface area contributed by atoms with Crippen molar-refractivity contribution in [3.8, 4) is 17.1 Å². The summed E-state index contributed by atoms with van der Waals surface area (Å²) < 4.78 is 11.0. The number of nitrogens with zero attached hydrogens (tertiary/aromatic N) is 3. The molecule has 0 radical (unpaired) electrons. The van der Waals surface area contributed by atoms with Crippen LogP contribution in [0.5, 0.6) is 5.75 Å². The first-order valence-electron chi connectivity index (χ1n) is 9.33. The van der Waals surface area contributed by atoms with Gasteiger partial charge in [-0.1, -0.05) is 47.6 Å². The molecule has 3 aromatic rings. The number of ether oxygens (including phenoxy) is 1. The van der Waals surface area contributed by atoms with Crippen molar-refractivity contribution >= 4 is 11.9 Å². The van der Waals surface area contributed by atoms with Gasteiger partial charge in [-0.25, -0.2) is 4.79 Å². The molecule has 1 atom stereocenters. The lowest BCUT2D eigenvalue weighted by Crippen LogP contribution is -2.47. The summed E-state index contributed by atoms with van der Waals surface area (Å²) in [6, 6.07) is 14.4. The molecule has 3 amide bonds. The van der Waals surface area contributed by atoms with E-state index in [1.807, 2.05) is 43.3 Å². The van der Waals surface area contributed by atoms with Gasteiger partial charge in [0.25, 0.3) is 5.91 Å². The quantitative estimate of drug-likeness (QED) is 0.691. The fourth-order valence-electron chi connectivity index (χ4n) is 3.90. The summed E-state index contributed by atoms with van der Waals surface area (Å²) in [5.41, 5.74) is 1.39. The van der Waals surface area contributed by atoms with E-state index >= 15 is 0 Å². The summed E-state index contributed by atoms with van der Waals surface area (Å²) in [4.78, 5) is 31.5. The van der Waals surface area contributed by atoms with Crippen molar-refractivity contribution in [2.45, 2.75) is 25.4 Å². The van der Waals surface area contributed by atoms with Crippen LogP contribution in [0.2, 0.25) is 0 Å². The lowest BCUT2D eigenvalue weighted by atomic mass is 9.84. The van der Waals surface area contributed by atoms with Gasteiger partial charge in [-0.15, -0.1) is 0 Å². The van der Waals surface area contributed by atoms with Gasteiger partial charge in [-0.3, -0.25) is 9.69 Å². The van der Waals surface area contributed by atoms with Crippen LogP contribution in [0.3, 0.4) is 0 Å². The molecular formula is C21H18N4O4. The summed E-state index contributed by atoms with van der Waals surface area (Å²) in [7, 11) is 0. The average molecular weight is 390 g/mol. The van der Waals surface area contributed by atoms with E-state index in [0.29, 0.717) is 30.2 Å². The Labute approximate surface area is 166 Å². The Balaban J connectivity index is 1.44. The van der Waals surface area contributed by atoms with Crippen molar-refractivity contribution < 1.29 is 18.8 Å². The van der Waals surface area contributed by atoms with Crippen LogP contribution in [-0.2, 0) is 16.9 Å². The van der Waals surface area contributed by atoms with Crippen LogP contribution in [0.4, 0.5) is 4.79 Å². The summed E-state index contributed by atoms with van der Waals surface area (Å²) in [5.74, 6) is 0.892. The van der Waals surface area contributed by atoms with Crippen LogP contribution in [0, 0.1) is 6.92 Å². The maximum absolute atomic E-state index is 13.3. The monoisotopic (exact) mass is 390 g/mol. The van der Waals surface area contributed by atoms with Crippen molar-refractivity contribution in [3.05, 3.63) is 65.5 Å². The zero-order valence-electron chi connectivity index (χ0n) is 15.7. The normalized spacial score (nSPS) is 20.5. The lowest BCUT2D eigenvalue weighted by molar-refractivity contribution is -0.133. The average Bonchev–Trinajstić information content (AvgIpc) is 3.28. The molecule has 0 bridgehead atoms. The molecule has 1 fully saturated rings. The third-order valence-electron chi connectivity index (χ3n) is 5.40. The fourth-order valence-corrected chi connectivity index (χ4v) is 3.90. The SMILES string of the molecule is Cc1ccccc1-c1noc(CN2C(=O)N[C@]3(CCOc4ccccc43)C2=O)n1. The Kier molecular flexibility index (Phi) is 3.87. The highest BCUT2D eigenvalue weighted by molar-refractivity contribution is 6.07. The molecule has 8 nitrogen and oxygen atoms in total. The first-order chi connectivity index (χ1) is 14.1. The molecule has 1 spiro atoms. The van der Waals surface area contributed by atoms with Gasteiger partial charge in [-0.2, -0.15) is 4.98 Å². The molecule has 0 unspecified atom stereocenters. The minimum atomic E-state index is -1.12. The molecule has 2 aromatic carbocycles. The molecule has 0 saturated carbocycles. The second kappa shape index (κ2) is 6.44. The lowest BCUT2D eigenvalue weighted by Gasteiger charge is -2.33. The number of aromatic nitrogens is 2. The molecule has 3 heterocycles. The van der Waals surface area contributed by atoms with Gasteiger partial charge in [-0.05, 0) is 18.6 Å². The van der Waals surface area contributed by atoms with Gasteiger partial charge >= 0.3 is 6.03 Å². The van der Waals surface area contributed by atoms with Gasteiger partial charge in [0.2, 0.25) is 11.7 Å². The molecule has 2 aliphatic heterocycles. The third kappa shape index (κ3) is 2.67. The number of rotatable bonds is 3. The van der Waals surface area contributed by atoms with Crippen LogP contribution >= 0.6 is 0 Å². The smallest absolute Gasteiger partial charge is 0.325 e. The Bertz CT molecular complexity index is 1130. The van der Waals surface area contributed by atoms with Crippen molar-refractivity contribution in [3.63, 3.8) is 0 Å². The van der Waals surface area contributed by atoms with Gasteiger partial charge in [0.05, 0.1) is 6.61 Å². The highest BCUT2D eigenvalue weighted by atomic mass is 16.5. The first kappa shape index (κ1) is 17.4. The summed E-state index contributed by atoms with van der Waals surface area (Å²) in [5, 5.41) is 6.86. The van der Waals surface area contributed by atoms with E-state index in [2.05, 4.69) is 15.5 Å². The van der Waals surface area contributed by atoms with E-state index in [-0.39, 0.29) is 18.3 Å². The zero-order valence-corrected chi connectivity index (χ0v) is 15.7. The van der Waals surface area contributed by atoms with E-state index in [4.69, 9.17) is 9.26 Å². The summed E-state index contributed by atoms with van der Waals surface area (Å²) in [6.45, 7) is 2.21. The number of benzene rings is 2. The van der Waals surface area contributed by atoms with Crippen molar-refractivity contribution in [1.29, 1.82) is 0 Å². The van der Waals surface area contributed by atoms with Crippen LogP contribution in [0.25, 0.3) is 11.4 Å². The van der Waals surface area contributed by atoms with Crippen LogP contribution in [-0.4, -0.2) is 33.6 Å². The standard InChI is InChI=1S/C21H18N4O4/c1-13-6-2-3-7-14(13)18-22-17(29-24-18)12-25-19(26)21(23-20(25)27)10-11-28-16-9-5-4-8-15(16)21/h2-9H,10-12H2,1H3,(H,23,27)/t21-/m0/s1. The van der Waals surface area contributed by atoms with E-state index in [9.17, 15) is 9.59 Å². The molecule has 1 N–H and O–H groups in total. The zero-order chi connectivity index (χ0) is 20.0. The molecule has 0 aliphatic carbocycles. The maximum Gasteiger partial charge on any atom is 0.325 e. The number of carbonyl (C=O) groups excluding carboxylic acids is 2. The van der Waals surface area contributed by atoms with Gasteiger partial charge in [0.1, 0.15) is 12.3 Å². The topological polar surface area (TPSA) is 97.6 Å². The minimum Gasteiger partial charge on any atom is -0.493 e. The Morgan fingerprint density at radius 1 is 1.14 bits per heavy atom. The fraction of sp³-hybridized carbons (Fsp3) is 0.238. The predicted molar refractivity (Wildman–Crippen MR) is 102 cm³/mol. The Morgan fingerprint density at radius 2 is 1.93 bits per heavy atom. The molecule has 2 aliphatic rings. The van der Waals surface area contributed by atoms with E-state index in [0.717, 1.165) is 16.0 Å². The number of urea groups is 1. The molecule has 146 valence electrons. The van der Waals surface area contributed by atoms with Gasteiger partial charge in [0.15, 0.2) is 5.54 Å². The summed E-state index contributed by atoms with van der Waals surface area (Å²) in [6.07, 6.45) is 0.364. The summed E-state index contributed by atoms with van der Waals surface area (Å²) >= 11 is 0. The van der Waals surface area contributed by atoms with Crippen molar-refractivity contribution in [1.82, 2.24) is 20.4 Å². The van der Waals surface area contributed by atoms with Crippen molar-refractivity contribution in [2.24, 2.45) is 0 Å². The number of imide groups is 1. The number of amides is 3. The molecule has 5 rings (SSSR count). The largest absolute Gasteiger partial charge is 0.493 e. The number of para-hydroxylation sites is 1. The number of aryl methyl sites for hydroxylation is 1. The van der Waals surface area contributed by atoms with E-state index in [1.165, 1.54) is 0 Å². The minimum absolute atomic E-state index is 0.0890. The number of hydrogen-bond donors (Lipinski definition) is 1. The Morgan fingerprint density at radius 3 is 2.79 bits per heavy atom. The van der Waals surface area contributed by atoms with Crippen molar-refractivity contribution in [2.75, 3.05) is 6.61 Å². The van der Waals surface area contributed by atoms with Gasteiger partial charge < -0.3 is 14.6 Å². The third-order valence-corrected chi connectivity index (χ3v) is 5.40. The van der Waals surface area contributed by atoms with Crippen LogP contribution in [0.1, 0.15) is 23.4 Å². The number of carbonyl (C=O) groups is 2. The molecule has 1 saturated heterocycles. The molecule has 29 heavy (non-hydrogen) atoms. The number of fused-ring (bicyclic) bond motifs is 2. The second-order valence-corrected chi connectivity index (χ2v) is 7.15. The molecule has 1 aromatic heterocycles. The molecular weight excluding hydrogens is 372 g/mol. The maximum atomic E-state index is 13.3. The molecule has 8 heteroatoms. The first-order valence-corrected chi connectivity index (χ1v) is 9.33. The van der Waals surface area contributed by atoms with Crippen LogP contribution < -0.4 is 10.1 Å². The highest BCUT2D eigenvalue weighted by Gasteiger charge is 2.55.